The van der Waals surface area contributed by atoms with Gasteiger partial charge in [0.15, 0.2) is 0 Å². The van der Waals surface area contributed by atoms with Crippen molar-refractivity contribution in [2.45, 2.75) is 31.9 Å². The van der Waals surface area contributed by atoms with Gasteiger partial charge in [-0.15, -0.1) is 0 Å². The number of nitrogens with zero attached hydrogens (tertiary/aromatic N) is 1. The number of amides is 1. The van der Waals surface area contributed by atoms with Gasteiger partial charge in [-0.05, 0) is 31.9 Å². The minimum atomic E-state index is -0.0379. The first-order chi connectivity index (χ1) is 8.24. The van der Waals surface area contributed by atoms with Gasteiger partial charge in [0.05, 0.1) is 6.04 Å². The van der Waals surface area contributed by atoms with E-state index in [1.807, 2.05) is 37.3 Å². The zero-order chi connectivity index (χ0) is 11.8. The predicted octanol–water partition coefficient (Wildman–Crippen LogP) is 2.47. The van der Waals surface area contributed by atoms with Crippen molar-refractivity contribution in [2.24, 2.45) is 0 Å². The minimum absolute atomic E-state index is 0.0379. The predicted molar refractivity (Wildman–Crippen MR) is 64.4 cm³/mol. The van der Waals surface area contributed by atoms with Gasteiger partial charge in [0.25, 0.3) is 5.91 Å². The second-order valence-electron chi connectivity index (χ2n) is 4.67. The molecule has 0 aromatic heterocycles. The fourth-order valence-electron chi connectivity index (χ4n) is 2.31. The van der Waals surface area contributed by atoms with Crippen molar-refractivity contribution in [3.63, 3.8) is 0 Å². The van der Waals surface area contributed by atoms with Crippen LogP contribution in [0.1, 0.15) is 28.8 Å². The molecule has 1 saturated heterocycles. The fourth-order valence-corrected chi connectivity index (χ4v) is 2.31. The number of carbonyl (C=O) groups excluding carboxylic acids is 1. The van der Waals surface area contributed by atoms with E-state index in [2.05, 4.69) is 6.08 Å². The minimum Gasteiger partial charge on any atom is -0.267 e. The van der Waals surface area contributed by atoms with E-state index in [0.717, 1.165) is 18.4 Å². The van der Waals surface area contributed by atoms with Crippen LogP contribution in [0.2, 0.25) is 0 Å². The van der Waals surface area contributed by atoms with Gasteiger partial charge >= 0.3 is 0 Å². The molecular weight excluding hydrogens is 214 g/mol. The van der Waals surface area contributed by atoms with Crippen LogP contribution in [0.15, 0.2) is 36.4 Å². The highest BCUT2D eigenvalue weighted by molar-refractivity contribution is 5.94. The second kappa shape index (κ2) is 4.00. The first-order valence-electron chi connectivity index (χ1n) is 5.99. The Labute approximate surface area is 101 Å². The Hall–Kier alpha value is -1.61. The molecule has 1 aromatic rings. The molecule has 0 N–H and O–H groups in total. The summed E-state index contributed by atoms with van der Waals surface area (Å²) in [5.74, 6) is -0.0379. The molecule has 0 spiro atoms. The highest BCUT2D eigenvalue weighted by atomic mass is 16.7. The molecule has 3 heteroatoms. The molecule has 0 saturated carbocycles. The molecule has 88 valence electrons. The number of hydroxylamine groups is 2. The number of hydrogen-bond donors (Lipinski definition) is 0. The van der Waals surface area contributed by atoms with Gasteiger partial charge in [-0.3, -0.25) is 9.63 Å². The van der Waals surface area contributed by atoms with Crippen LogP contribution in [0.5, 0.6) is 0 Å². The lowest BCUT2D eigenvalue weighted by Gasteiger charge is -2.40. The molecule has 0 radical (unpaired) electrons. The molecule has 2 unspecified atom stereocenters. The second-order valence-corrected chi connectivity index (χ2v) is 4.67. The van der Waals surface area contributed by atoms with E-state index in [4.69, 9.17) is 4.84 Å². The maximum atomic E-state index is 12.3. The Morgan fingerprint density at radius 3 is 2.53 bits per heavy atom. The summed E-state index contributed by atoms with van der Waals surface area (Å²) in [6.45, 7) is 2.01. The Morgan fingerprint density at radius 2 is 2.00 bits per heavy atom. The molecule has 1 fully saturated rings. The highest BCUT2D eigenvalue weighted by Gasteiger charge is 2.34. The number of rotatable bonds is 1. The normalized spacial score (nSPS) is 26.3. The zero-order valence-corrected chi connectivity index (χ0v) is 9.80. The molecule has 17 heavy (non-hydrogen) atoms. The van der Waals surface area contributed by atoms with Gasteiger partial charge < -0.3 is 0 Å². The van der Waals surface area contributed by atoms with Crippen LogP contribution >= 0.6 is 0 Å². The lowest BCUT2D eigenvalue weighted by atomic mass is 9.98. The van der Waals surface area contributed by atoms with Gasteiger partial charge in [0.2, 0.25) is 0 Å². The number of hydrogen-bond acceptors (Lipinski definition) is 2. The Bertz CT molecular complexity index is 464. The molecule has 2 aliphatic heterocycles. The van der Waals surface area contributed by atoms with Crippen molar-refractivity contribution in [3.05, 3.63) is 47.5 Å². The molecule has 2 atom stereocenters. The number of carbonyl (C=O) groups is 1. The van der Waals surface area contributed by atoms with E-state index in [-0.39, 0.29) is 18.1 Å². The third kappa shape index (κ3) is 1.87. The number of fused-ring (bicyclic) bond motifs is 2. The van der Waals surface area contributed by atoms with Crippen LogP contribution in [-0.2, 0) is 4.84 Å². The third-order valence-corrected chi connectivity index (χ3v) is 3.34. The molecule has 1 amide bonds. The van der Waals surface area contributed by atoms with Crippen molar-refractivity contribution in [3.8, 4) is 0 Å². The molecular formula is C14H15NO2. The largest absolute Gasteiger partial charge is 0.278 e. The monoisotopic (exact) mass is 229 g/mol. The summed E-state index contributed by atoms with van der Waals surface area (Å²) in [5.41, 5.74) is 1.85. The first kappa shape index (κ1) is 10.5. The first-order valence-corrected chi connectivity index (χ1v) is 5.99. The molecule has 2 heterocycles. The summed E-state index contributed by atoms with van der Waals surface area (Å²) in [5, 5.41) is 1.53. The van der Waals surface area contributed by atoms with Crippen molar-refractivity contribution >= 4 is 5.91 Å². The van der Waals surface area contributed by atoms with E-state index in [9.17, 15) is 4.79 Å². The van der Waals surface area contributed by atoms with Crippen LogP contribution in [-0.4, -0.2) is 23.1 Å². The van der Waals surface area contributed by atoms with Crippen LogP contribution in [0.25, 0.3) is 0 Å². The quantitative estimate of drug-likeness (QED) is 0.692. The molecule has 1 aromatic carbocycles. The Balaban J connectivity index is 1.83. The lowest BCUT2D eigenvalue weighted by molar-refractivity contribution is -0.197. The van der Waals surface area contributed by atoms with Crippen LogP contribution < -0.4 is 0 Å². The van der Waals surface area contributed by atoms with E-state index >= 15 is 0 Å². The summed E-state index contributed by atoms with van der Waals surface area (Å²) in [4.78, 5) is 17.9. The fraction of sp³-hybridized carbons (Fsp3) is 0.357. The Kier molecular flexibility index (Phi) is 2.48. The van der Waals surface area contributed by atoms with E-state index in [1.54, 1.807) is 0 Å². The van der Waals surface area contributed by atoms with Gasteiger partial charge in [-0.25, -0.2) is 5.06 Å². The van der Waals surface area contributed by atoms with E-state index in [0.29, 0.717) is 5.56 Å². The van der Waals surface area contributed by atoms with E-state index < -0.39 is 0 Å². The Morgan fingerprint density at radius 1 is 1.24 bits per heavy atom. The smallest absolute Gasteiger partial charge is 0.267 e. The summed E-state index contributed by atoms with van der Waals surface area (Å²) < 4.78 is 0. The van der Waals surface area contributed by atoms with Gasteiger partial charge in [0, 0.05) is 5.56 Å². The SMILES string of the molecule is Cc1ccc(C(=O)N2OC3C=CC2CC3)cc1. The lowest BCUT2D eigenvalue weighted by Crippen LogP contribution is -2.48. The molecule has 3 aliphatic rings. The van der Waals surface area contributed by atoms with E-state index in [1.165, 1.54) is 5.06 Å². The summed E-state index contributed by atoms with van der Waals surface area (Å²) in [6.07, 6.45) is 6.21. The maximum Gasteiger partial charge on any atom is 0.278 e. The molecule has 3 nitrogen and oxygen atoms in total. The summed E-state index contributed by atoms with van der Waals surface area (Å²) >= 11 is 0. The highest BCUT2D eigenvalue weighted by Crippen LogP contribution is 2.28. The van der Waals surface area contributed by atoms with Gasteiger partial charge in [-0.1, -0.05) is 29.8 Å². The molecule has 4 rings (SSSR count). The maximum absolute atomic E-state index is 12.3. The standard InChI is InChI=1S/C14H15NO2/c1-10-2-4-11(5-3-10)14(16)15-12-6-8-13(17-15)9-7-12/h2-6,8,12-13H,7,9H2,1H3. The number of benzene rings is 1. The van der Waals surface area contributed by atoms with Crippen molar-refractivity contribution in [1.29, 1.82) is 0 Å². The van der Waals surface area contributed by atoms with Crippen LogP contribution in [0, 0.1) is 6.92 Å². The number of aryl methyl sites for hydroxylation is 1. The zero-order valence-electron chi connectivity index (χ0n) is 9.80. The topological polar surface area (TPSA) is 29.5 Å². The van der Waals surface area contributed by atoms with Crippen molar-refractivity contribution in [1.82, 2.24) is 5.06 Å². The molecule has 1 aliphatic carbocycles. The van der Waals surface area contributed by atoms with Crippen molar-refractivity contribution < 1.29 is 9.63 Å². The molecule has 2 bridgehead atoms. The average Bonchev–Trinajstić information content (AvgIpc) is 2.40. The van der Waals surface area contributed by atoms with Gasteiger partial charge in [0.1, 0.15) is 6.10 Å². The van der Waals surface area contributed by atoms with Crippen LogP contribution in [0.4, 0.5) is 0 Å². The summed E-state index contributed by atoms with van der Waals surface area (Å²) in [7, 11) is 0. The summed E-state index contributed by atoms with van der Waals surface area (Å²) in [6, 6.07) is 7.71. The van der Waals surface area contributed by atoms with Crippen molar-refractivity contribution in [2.75, 3.05) is 0 Å². The van der Waals surface area contributed by atoms with Gasteiger partial charge in [-0.2, -0.15) is 0 Å². The average molecular weight is 229 g/mol. The third-order valence-electron chi connectivity index (χ3n) is 3.34. The van der Waals surface area contributed by atoms with Crippen LogP contribution in [0.3, 0.4) is 0 Å².